The van der Waals surface area contributed by atoms with Gasteiger partial charge >= 0.3 is 0 Å². The molecule has 1 atom stereocenters. The van der Waals surface area contributed by atoms with Gasteiger partial charge in [-0.1, -0.05) is 0 Å². The molecule has 2 fully saturated rings. The molecule has 0 aromatic rings. The van der Waals surface area contributed by atoms with Crippen molar-refractivity contribution in [1.82, 2.24) is 10.2 Å². The molecule has 4 heteroatoms. The summed E-state index contributed by atoms with van der Waals surface area (Å²) >= 11 is 0. The molecule has 14 heavy (non-hydrogen) atoms. The van der Waals surface area contributed by atoms with Gasteiger partial charge in [-0.25, -0.2) is 0 Å². The number of hydrogen-bond acceptors (Lipinski definition) is 3. The highest BCUT2D eigenvalue weighted by Gasteiger charge is 2.20. The zero-order chi connectivity index (χ0) is 9.80. The Balaban J connectivity index is 1.66. The summed E-state index contributed by atoms with van der Waals surface area (Å²) in [4.78, 5) is 13.5. The standard InChI is InChI=1S/C10H18N2O2/c13-10(12-5-1-2-6-12)8-14-9-3-4-11-7-9/h9,11H,1-8H2. The molecule has 0 bridgehead atoms. The highest BCUT2D eigenvalue weighted by atomic mass is 16.5. The normalized spacial score (nSPS) is 27.1. The van der Waals surface area contributed by atoms with Gasteiger partial charge in [0.05, 0.1) is 6.10 Å². The van der Waals surface area contributed by atoms with E-state index in [-0.39, 0.29) is 18.6 Å². The highest BCUT2D eigenvalue weighted by molar-refractivity contribution is 5.77. The smallest absolute Gasteiger partial charge is 0.248 e. The zero-order valence-electron chi connectivity index (χ0n) is 8.50. The molecule has 2 heterocycles. The minimum atomic E-state index is 0.161. The summed E-state index contributed by atoms with van der Waals surface area (Å²) in [5.41, 5.74) is 0. The van der Waals surface area contributed by atoms with Crippen molar-refractivity contribution >= 4 is 5.91 Å². The second-order valence-electron chi connectivity index (χ2n) is 4.01. The molecule has 1 N–H and O–H groups in total. The molecular weight excluding hydrogens is 180 g/mol. The average Bonchev–Trinajstić information content (AvgIpc) is 2.87. The van der Waals surface area contributed by atoms with Gasteiger partial charge < -0.3 is 15.0 Å². The summed E-state index contributed by atoms with van der Waals surface area (Å²) in [6.07, 6.45) is 3.59. The fourth-order valence-electron chi connectivity index (χ4n) is 2.02. The molecule has 0 saturated carbocycles. The van der Waals surface area contributed by atoms with Gasteiger partial charge in [0, 0.05) is 19.6 Å². The quantitative estimate of drug-likeness (QED) is 0.693. The molecule has 0 aliphatic carbocycles. The van der Waals surface area contributed by atoms with Crippen LogP contribution in [0.2, 0.25) is 0 Å². The van der Waals surface area contributed by atoms with E-state index in [0.717, 1.165) is 45.4 Å². The van der Waals surface area contributed by atoms with Crippen molar-refractivity contribution in [3.8, 4) is 0 Å². The number of hydrogen-bond donors (Lipinski definition) is 1. The molecule has 1 amide bonds. The third-order valence-corrected chi connectivity index (χ3v) is 2.92. The van der Waals surface area contributed by atoms with Crippen molar-refractivity contribution in [3.63, 3.8) is 0 Å². The van der Waals surface area contributed by atoms with Crippen LogP contribution in [0.3, 0.4) is 0 Å². The van der Waals surface area contributed by atoms with E-state index in [1.807, 2.05) is 4.90 Å². The minimum Gasteiger partial charge on any atom is -0.367 e. The lowest BCUT2D eigenvalue weighted by atomic mass is 10.3. The SMILES string of the molecule is O=C(COC1CCNC1)N1CCCC1. The Labute approximate surface area is 84.6 Å². The first kappa shape index (κ1) is 9.93. The lowest BCUT2D eigenvalue weighted by molar-refractivity contribution is -0.136. The first-order valence-electron chi connectivity index (χ1n) is 5.46. The molecule has 0 spiro atoms. The number of carbonyl (C=O) groups is 1. The first-order chi connectivity index (χ1) is 6.86. The number of rotatable bonds is 3. The molecule has 0 aromatic carbocycles. The van der Waals surface area contributed by atoms with E-state index in [1.165, 1.54) is 0 Å². The maximum absolute atomic E-state index is 11.6. The van der Waals surface area contributed by atoms with Crippen LogP contribution in [-0.4, -0.2) is 49.7 Å². The highest BCUT2D eigenvalue weighted by Crippen LogP contribution is 2.09. The van der Waals surface area contributed by atoms with E-state index in [9.17, 15) is 4.79 Å². The fraction of sp³-hybridized carbons (Fsp3) is 0.900. The summed E-state index contributed by atoms with van der Waals surface area (Å²) < 4.78 is 5.52. The lowest BCUT2D eigenvalue weighted by Crippen LogP contribution is -2.33. The van der Waals surface area contributed by atoms with Crippen LogP contribution in [0.5, 0.6) is 0 Å². The van der Waals surface area contributed by atoms with Gasteiger partial charge in [0.1, 0.15) is 6.61 Å². The molecule has 2 aliphatic heterocycles. The molecule has 0 radical (unpaired) electrons. The summed E-state index contributed by atoms with van der Waals surface area (Å²) in [7, 11) is 0. The number of amides is 1. The molecule has 2 saturated heterocycles. The molecule has 80 valence electrons. The average molecular weight is 198 g/mol. The lowest BCUT2D eigenvalue weighted by Gasteiger charge is -2.16. The van der Waals surface area contributed by atoms with Crippen molar-refractivity contribution in [2.75, 3.05) is 32.8 Å². The van der Waals surface area contributed by atoms with E-state index in [4.69, 9.17) is 4.74 Å². The summed E-state index contributed by atoms with van der Waals surface area (Å²) in [5.74, 6) is 0.161. The second kappa shape index (κ2) is 4.75. The molecule has 2 rings (SSSR count). The Hall–Kier alpha value is -0.610. The summed E-state index contributed by atoms with van der Waals surface area (Å²) in [6.45, 7) is 4.03. The van der Waals surface area contributed by atoms with Crippen LogP contribution < -0.4 is 5.32 Å². The fourth-order valence-corrected chi connectivity index (χ4v) is 2.02. The van der Waals surface area contributed by atoms with Crippen molar-refractivity contribution in [3.05, 3.63) is 0 Å². The van der Waals surface area contributed by atoms with Gasteiger partial charge in [-0.3, -0.25) is 4.79 Å². The number of nitrogens with zero attached hydrogens (tertiary/aromatic N) is 1. The maximum Gasteiger partial charge on any atom is 0.248 e. The maximum atomic E-state index is 11.6. The van der Waals surface area contributed by atoms with E-state index < -0.39 is 0 Å². The van der Waals surface area contributed by atoms with Gasteiger partial charge in [-0.05, 0) is 25.8 Å². The van der Waals surface area contributed by atoms with E-state index in [1.54, 1.807) is 0 Å². The van der Waals surface area contributed by atoms with E-state index in [2.05, 4.69) is 5.32 Å². The monoisotopic (exact) mass is 198 g/mol. The molecule has 1 unspecified atom stereocenters. The molecule has 4 nitrogen and oxygen atoms in total. The van der Waals surface area contributed by atoms with Crippen molar-refractivity contribution in [2.45, 2.75) is 25.4 Å². The third kappa shape index (κ3) is 2.45. The Morgan fingerprint density at radius 2 is 2.21 bits per heavy atom. The van der Waals surface area contributed by atoms with Crippen molar-refractivity contribution in [1.29, 1.82) is 0 Å². The minimum absolute atomic E-state index is 0.161. The molecule has 2 aliphatic rings. The number of ether oxygens (including phenoxy) is 1. The Morgan fingerprint density at radius 3 is 2.86 bits per heavy atom. The van der Waals surface area contributed by atoms with E-state index >= 15 is 0 Å². The number of carbonyl (C=O) groups excluding carboxylic acids is 1. The van der Waals surface area contributed by atoms with Crippen LogP contribution in [-0.2, 0) is 9.53 Å². The zero-order valence-corrected chi connectivity index (χ0v) is 8.50. The van der Waals surface area contributed by atoms with Gasteiger partial charge in [0.2, 0.25) is 5.91 Å². The van der Waals surface area contributed by atoms with Crippen LogP contribution in [0.4, 0.5) is 0 Å². The molecular formula is C10H18N2O2. The predicted octanol–water partition coefficient (Wildman–Crippen LogP) is -0.0127. The topological polar surface area (TPSA) is 41.6 Å². The van der Waals surface area contributed by atoms with Crippen LogP contribution in [0, 0.1) is 0 Å². The van der Waals surface area contributed by atoms with E-state index in [0.29, 0.717) is 0 Å². The predicted molar refractivity (Wildman–Crippen MR) is 53.0 cm³/mol. The van der Waals surface area contributed by atoms with Gasteiger partial charge in [0.15, 0.2) is 0 Å². The number of likely N-dealkylation sites (tertiary alicyclic amines) is 1. The van der Waals surface area contributed by atoms with Crippen LogP contribution >= 0.6 is 0 Å². The Kier molecular flexibility index (Phi) is 3.37. The van der Waals surface area contributed by atoms with Crippen LogP contribution in [0.25, 0.3) is 0 Å². The van der Waals surface area contributed by atoms with Crippen molar-refractivity contribution in [2.24, 2.45) is 0 Å². The Morgan fingerprint density at radius 1 is 1.43 bits per heavy atom. The summed E-state index contributed by atoms with van der Waals surface area (Å²) in [5, 5.41) is 3.22. The van der Waals surface area contributed by atoms with Gasteiger partial charge in [-0.15, -0.1) is 0 Å². The second-order valence-corrected chi connectivity index (χ2v) is 4.01. The third-order valence-electron chi connectivity index (χ3n) is 2.92. The van der Waals surface area contributed by atoms with Gasteiger partial charge in [-0.2, -0.15) is 0 Å². The summed E-state index contributed by atoms with van der Waals surface area (Å²) in [6, 6.07) is 0. The van der Waals surface area contributed by atoms with Gasteiger partial charge in [0.25, 0.3) is 0 Å². The van der Waals surface area contributed by atoms with Crippen LogP contribution in [0.15, 0.2) is 0 Å². The van der Waals surface area contributed by atoms with Crippen LogP contribution in [0.1, 0.15) is 19.3 Å². The molecule has 0 aromatic heterocycles. The van der Waals surface area contributed by atoms with Crippen molar-refractivity contribution < 1.29 is 9.53 Å². The number of nitrogens with one attached hydrogen (secondary N) is 1. The Bertz CT molecular complexity index is 196. The first-order valence-corrected chi connectivity index (χ1v) is 5.46. The largest absolute Gasteiger partial charge is 0.367 e.